The van der Waals surface area contributed by atoms with Crippen LogP contribution in [0.25, 0.3) is 0 Å². The van der Waals surface area contributed by atoms with Gasteiger partial charge in [-0.2, -0.15) is 0 Å². The number of ketones is 1. The number of benzene rings is 1. The molecule has 0 amide bonds. The first-order valence-electron chi connectivity index (χ1n) is 10.8. The quantitative estimate of drug-likeness (QED) is 0.264. The Balaban J connectivity index is 2.44. The standard InChI is InChI=1S/C23H40O4Si/c1-7-28(8-2,9-3)27-23(19(4)20(5)24)12-10-11-17-26-18-21-13-15-22(25-6)16-14-21/h13-16,19,23H,7-12,17-18H2,1-6H3/t19-,23-/m1/s1. The van der Waals surface area contributed by atoms with Gasteiger partial charge in [-0.3, -0.25) is 4.79 Å². The summed E-state index contributed by atoms with van der Waals surface area (Å²) in [6.45, 7) is 11.8. The van der Waals surface area contributed by atoms with Gasteiger partial charge in [-0.05, 0) is 62.0 Å². The molecule has 0 bridgehead atoms. The van der Waals surface area contributed by atoms with E-state index in [0.717, 1.165) is 55.3 Å². The monoisotopic (exact) mass is 408 g/mol. The highest BCUT2D eigenvalue weighted by molar-refractivity contribution is 6.73. The first kappa shape index (κ1) is 24.9. The summed E-state index contributed by atoms with van der Waals surface area (Å²) in [7, 11) is -0.0401. The van der Waals surface area contributed by atoms with Crippen LogP contribution >= 0.6 is 0 Å². The van der Waals surface area contributed by atoms with E-state index in [1.165, 1.54) is 0 Å². The fourth-order valence-electron chi connectivity index (χ4n) is 3.46. The molecule has 1 aromatic rings. The van der Waals surface area contributed by atoms with E-state index in [1.807, 2.05) is 31.2 Å². The first-order chi connectivity index (χ1) is 13.4. The third-order valence-corrected chi connectivity index (χ3v) is 10.7. The molecular weight excluding hydrogens is 368 g/mol. The van der Waals surface area contributed by atoms with E-state index >= 15 is 0 Å². The van der Waals surface area contributed by atoms with E-state index in [1.54, 1.807) is 14.0 Å². The van der Waals surface area contributed by atoms with Gasteiger partial charge in [0.2, 0.25) is 0 Å². The minimum absolute atomic E-state index is 0.0308. The topological polar surface area (TPSA) is 44.8 Å². The third-order valence-electron chi connectivity index (χ3n) is 5.99. The van der Waals surface area contributed by atoms with Crippen molar-refractivity contribution in [1.82, 2.24) is 0 Å². The van der Waals surface area contributed by atoms with Crippen LogP contribution in [0.2, 0.25) is 18.1 Å². The van der Waals surface area contributed by atoms with Crippen molar-refractivity contribution < 1.29 is 18.7 Å². The Morgan fingerprint density at radius 1 is 1.04 bits per heavy atom. The van der Waals surface area contributed by atoms with Gasteiger partial charge in [0.25, 0.3) is 0 Å². The SMILES string of the molecule is CC[Si](CC)(CC)O[C@H](CCCCOCc1ccc(OC)cc1)[C@H](C)C(C)=O. The van der Waals surface area contributed by atoms with Crippen LogP contribution in [-0.2, 0) is 20.6 Å². The van der Waals surface area contributed by atoms with Crippen molar-refractivity contribution in [3.05, 3.63) is 29.8 Å². The summed E-state index contributed by atoms with van der Waals surface area (Å²) in [6, 6.07) is 11.3. The normalized spacial score (nSPS) is 13.9. The van der Waals surface area contributed by atoms with Gasteiger partial charge in [-0.15, -0.1) is 0 Å². The summed E-state index contributed by atoms with van der Waals surface area (Å²) in [5.74, 6) is 1.06. The third kappa shape index (κ3) is 8.06. The predicted octanol–water partition coefficient (Wildman–Crippen LogP) is 6.00. The van der Waals surface area contributed by atoms with Gasteiger partial charge in [-0.25, -0.2) is 0 Å². The van der Waals surface area contributed by atoms with Gasteiger partial charge in [-0.1, -0.05) is 39.8 Å². The summed E-state index contributed by atoms with van der Waals surface area (Å²) < 4.78 is 17.6. The number of rotatable bonds is 15. The van der Waals surface area contributed by atoms with Crippen LogP contribution in [-0.4, -0.2) is 33.9 Å². The number of carbonyl (C=O) groups is 1. The predicted molar refractivity (Wildman–Crippen MR) is 118 cm³/mol. The Morgan fingerprint density at radius 3 is 2.14 bits per heavy atom. The van der Waals surface area contributed by atoms with E-state index in [4.69, 9.17) is 13.9 Å². The summed E-state index contributed by atoms with van der Waals surface area (Å²) in [5, 5.41) is 0. The molecule has 28 heavy (non-hydrogen) atoms. The number of methoxy groups -OCH3 is 1. The zero-order valence-electron chi connectivity index (χ0n) is 18.8. The van der Waals surface area contributed by atoms with E-state index in [0.29, 0.717) is 6.61 Å². The van der Waals surface area contributed by atoms with E-state index in [2.05, 4.69) is 20.8 Å². The molecular formula is C23H40O4Si. The zero-order valence-corrected chi connectivity index (χ0v) is 19.8. The second-order valence-corrected chi connectivity index (χ2v) is 12.4. The molecule has 0 aliphatic carbocycles. The van der Waals surface area contributed by atoms with Crippen LogP contribution in [0.4, 0.5) is 0 Å². The molecule has 160 valence electrons. The maximum absolute atomic E-state index is 12.0. The fraction of sp³-hybridized carbons (Fsp3) is 0.696. The largest absolute Gasteiger partial charge is 0.497 e. The summed E-state index contributed by atoms with van der Waals surface area (Å²) in [5.41, 5.74) is 1.15. The summed E-state index contributed by atoms with van der Waals surface area (Å²) >= 11 is 0. The van der Waals surface area contributed by atoms with Crippen molar-refractivity contribution in [3.63, 3.8) is 0 Å². The molecule has 0 aliphatic heterocycles. The lowest BCUT2D eigenvalue weighted by atomic mass is 9.96. The Morgan fingerprint density at radius 2 is 1.64 bits per heavy atom. The Hall–Kier alpha value is -1.17. The average Bonchev–Trinajstić information content (AvgIpc) is 2.73. The lowest BCUT2D eigenvalue weighted by molar-refractivity contribution is -0.123. The Bertz CT molecular complexity index is 546. The second kappa shape index (κ2) is 13.1. The molecule has 1 aromatic carbocycles. The minimum atomic E-state index is -1.71. The van der Waals surface area contributed by atoms with Crippen molar-refractivity contribution in [2.45, 2.75) is 84.7 Å². The van der Waals surface area contributed by atoms with Crippen molar-refractivity contribution in [3.8, 4) is 5.75 Å². The first-order valence-corrected chi connectivity index (χ1v) is 13.3. The van der Waals surface area contributed by atoms with Gasteiger partial charge >= 0.3 is 0 Å². The van der Waals surface area contributed by atoms with E-state index in [9.17, 15) is 4.79 Å². The van der Waals surface area contributed by atoms with Crippen LogP contribution < -0.4 is 4.74 Å². The van der Waals surface area contributed by atoms with E-state index in [-0.39, 0.29) is 17.8 Å². The number of carbonyl (C=O) groups excluding carboxylic acids is 1. The lowest BCUT2D eigenvalue weighted by Gasteiger charge is -2.35. The van der Waals surface area contributed by atoms with Crippen LogP contribution in [0, 0.1) is 5.92 Å². The highest BCUT2D eigenvalue weighted by Gasteiger charge is 2.34. The molecule has 0 N–H and O–H groups in total. The van der Waals surface area contributed by atoms with Crippen molar-refractivity contribution in [2.75, 3.05) is 13.7 Å². The van der Waals surface area contributed by atoms with E-state index < -0.39 is 8.32 Å². The Labute approximate surface area is 173 Å². The molecule has 0 saturated carbocycles. The van der Waals surface area contributed by atoms with Crippen LogP contribution in [0.15, 0.2) is 24.3 Å². The molecule has 0 spiro atoms. The highest BCUT2D eigenvalue weighted by atomic mass is 28.4. The fourth-order valence-corrected chi connectivity index (χ4v) is 6.42. The van der Waals surface area contributed by atoms with Crippen molar-refractivity contribution in [2.24, 2.45) is 5.92 Å². The second-order valence-electron chi connectivity index (χ2n) is 7.70. The van der Waals surface area contributed by atoms with Crippen LogP contribution in [0.5, 0.6) is 5.75 Å². The zero-order chi connectivity index (χ0) is 21.0. The van der Waals surface area contributed by atoms with Gasteiger partial charge in [0.1, 0.15) is 11.5 Å². The molecule has 2 atom stereocenters. The molecule has 0 heterocycles. The smallest absolute Gasteiger partial charge is 0.192 e. The molecule has 0 saturated heterocycles. The van der Waals surface area contributed by atoms with Crippen LogP contribution in [0.3, 0.4) is 0 Å². The minimum Gasteiger partial charge on any atom is -0.497 e. The summed E-state index contributed by atoms with van der Waals surface area (Å²) in [6.07, 6.45) is 2.98. The lowest BCUT2D eigenvalue weighted by Crippen LogP contribution is -2.43. The Kier molecular flexibility index (Phi) is 11.7. The van der Waals surface area contributed by atoms with Crippen molar-refractivity contribution in [1.29, 1.82) is 0 Å². The average molecular weight is 409 g/mol. The van der Waals surface area contributed by atoms with Gasteiger partial charge in [0.15, 0.2) is 8.32 Å². The van der Waals surface area contributed by atoms with Gasteiger partial charge in [0, 0.05) is 12.5 Å². The molecule has 5 heteroatoms. The number of ether oxygens (including phenoxy) is 2. The van der Waals surface area contributed by atoms with Crippen molar-refractivity contribution >= 4 is 14.1 Å². The molecule has 0 aromatic heterocycles. The molecule has 0 fully saturated rings. The highest BCUT2D eigenvalue weighted by Crippen LogP contribution is 2.28. The number of Topliss-reactive ketones (excluding diaryl/α,β-unsaturated/α-hetero) is 1. The molecule has 1 rings (SSSR count). The maximum Gasteiger partial charge on any atom is 0.192 e. The number of unbranched alkanes of at least 4 members (excludes halogenated alkanes) is 1. The molecule has 0 radical (unpaired) electrons. The molecule has 4 nitrogen and oxygen atoms in total. The summed E-state index contributed by atoms with van der Waals surface area (Å²) in [4.78, 5) is 12.0. The molecule has 0 aliphatic rings. The number of hydrogen-bond donors (Lipinski definition) is 0. The number of hydrogen-bond acceptors (Lipinski definition) is 4. The van der Waals surface area contributed by atoms with Crippen LogP contribution in [0.1, 0.15) is 59.4 Å². The van der Waals surface area contributed by atoms with Gasteiger partial charge < -0.3 is 13.9 Å². The molecule has 0 unspecified atom stereocenters. The van der Waals surface area contributed by atoms with Gasteiger partial charge in [0.05, 0.1) is 19.8 Å². The maximum atomic E-state index is 12.0.